The molecule has 0 aliphatic carbocycles. The van der Waals surface area contributed by atoms with Gasteiger partial charge in [0, 0.05) is 0 Å². The number of halogens is 2. The molecule has 0 unspecified atom stereocenters. The van der Waals surface area contributed by atoms with E-state index in [1.165, 1.54) is 11.3 Å². The number of nitrogens with one attached hydrogen (secondary N) is 1. The maximum Gasteiger partial charge on any atom is 0.230 e. The summed E-state index contributed by atoms with van der Waals surface area (Å²) in [5.74, 6) is -0.109. The lowest BCUT2D eigenvalue weighted by Gasteiger charge is -2.01. The van der Waals surface area contributed by atoms with E-state index in [2.05, 4.69) is 10.3 Å². The van der Waals surface area contributed by atoms with Gasteiger partial charge in [-0.2, -0.15) is 0 Å². The van der Waals surface area contributed by atoms with Gasteiger partial charge in [-0.3, -0.25) is 4.79 Å². The van der Waals surface area contributed by atoms with Crippen molar-refractivity contribution in [2.75, 3.05) is 5.32 Å². The average molecular weight is 337 g/mol. The second-order valence-corrected chi connectivity index (χ2v) is 6.25. The molecule has 0 aliphatic rings. The van der Waals surface area contributed by atoms with Gasteiger partial charge in [0.1, 0.15) is 5.52 Å². The van der Waals surface area contributed by atoms with Gasteiger partial charge < -0.3 is 5.32 Å². The van der Waals surface area contributed by atoms with Crippen LogP contribution in [0.5, 0.6) is 0 Å². The highest BCUT2D eigenvalue weighted by atomic mass is 35.5. The molecule has 0 radical (unpaired) electrons. The third-order valence-corrected chi connectivity index (χ3v) is 4.64. The summed E-state index contributed by atoms with van der Waals surface area (Å²) < 4.78 is 0.888. The van der Waals surface area contributed by atoms with Crippen LogP contribution in [0.1, 0.15) is 5.56 Å². The maximum atomic E-state index is 12.0. The zero-order valence-electron chi connectivity index (χ0n) is 10.8. The minimum absolute atomic E-state index is 0.109. The Bertz CT molecular complexity index is 802. The highest BCUT2D eigenvalue weighted by Gasteiger charge is 2.12. The lowest BCUT2D eigenvalue weighted by atomic mass is 10.1. The molecule has 3 rings (SSSR count). The van der Waals surface area contributed by atoms with E-state index in [9.17, 15) is 4.79 Å². The number of benzene rings is 2. The van der Waals surface area contributed by atoms with E-state index < -0.39 is 0 Å². The molecule has 0 saturated heterocycles. The fourth-order valence-electron chi connectivity index (χ4n) is 1.94. The summed E-state index contributed by atoms with van der Waals surface area (Å²) in [5.41, 5.74) is 1.57. The summed E-state index contributed by atoms with van der Waals surface area (Å²) in [4.78, 5) is 16.3. The number of carbonyl (C=O) groups is 1. The predicted octanol–water partition coefficient (Wildman–Crippen LogP) is 4.78. The maximum absolute atomic E-state index is 12.0. The van der Waals surface area contributed by atoms with E-state index in [0.29, 0.717) is 27.1 Å². The number of anilines is 1. The SMILES string of the molecule is O=C(Cc1ccccc1)Nc1nc2c(Cl)c(Cl)ccc2s1. The van der Waals surface area contributed by atoms with Crippen molar-refractivity contribution in [3.05, 3.63) is 58.1 Å². The number of aromatic nitrogens is 1. The summed E-state index contributed by atoms with van der Waals surface area (Å²) in [6.45, 7) is 0. The molecule has 1 aromatic heterocycles. The topological polar surface area (TPSA) is 42.0 Å². The molecular weight excluding hydrogens is 327 g/mol. The summed E-state index contributed by atoms with van der Waals surface area (Å²) in [6, 6.07) is 13.1. The molecule has 0 atom stereocenters. The summed E-state index contributed by atoms with van der Waals surface area (Å²) >= 11 is 13.4. The fourth-order valence-corrected chi connectivity index (χ4v) is 3.24. The Hall–Kier alpha value is -1.62. The van der Waals surface area contributed by atoms with Crippen molar-refractivity contribution in [3.8, 4) is 0 Å². The molecule has 2 aromatic carbocycles. The van der Waals surface area contributed by atoms with Crippen LogP contribution in [0.15, 0.2) is 42.5 Å². The number of carbonyl (C=O) groups excluding carboxylic acids is 1. The first kappa shape index (κ1) is 14.3. The highest BCUT2D eigenvalue weighted by Crippen LogP contribution is 2.35. The van der Waals surface area contributed by atoms with Crippen LogP contribution in [0, 0.1) is 0 Å². The number of fused-ring (bicyclic) bond motifs is 1. The molecule has 0 bridgehead atoms. The largest absolute Gasteiger partial charge is 0.302 e. The Morgan fingerprint density at radius 3 is 2.67 bits per heavy atom. The van der Waals surface area contributed by atoms with Crippen LogP contribution in [0.4, 0.5) is 5.13 Å². The van der Waals surface area contributed by atoms with E-state index in [4.69, 9.17) is 23.2 Å². The smallest absolute Gasteiger partial charge is 0.230 e. The Kier molecular flexibility index (Phi) is 4.10. The summed E-state index contributed by atoms with van der Waals surface area (Å²) in [6.07, 6.45) is 0.311. The zero-order chi connectivity index (χ0) is 14.8. The van der Waals surface area contributed by atoms with E-state index >= 15 is 0 Å². The van der Waals surface area contributed by atoms with Crippen LogP contribution in [-0.2, 0) is 11.2 Å². The molecule has 1 amide bonds. The third kappa shape index (κ3) is 3.18. The second kappa shape index (κ2) is 6.02. The molecule has 3 nitrogen and oxygen atoms in total. The zero-order valence-corrected chi connectivity index (χ0v) is 13.1. The van der Waals surface area contributed by atoms with Crippen molar-refractivity contribution < 1.29 is 4.79 Å². The Morgan fingerprint density at radius 1 is 1.14 bits per heavy atom. The van der Waals surface area contributed by atoms with Gasteiger partial charge >= 0.3 is 0 Å². The van der Waals surface area contributed by atoms with Crippen molar-refractivity contribution in [3.63, 3.8) is 0 Å². The monoisotopic (exact) mass is 336 g/mol. The van der Waals surface area contributed by atoms with Gasteiger partial charge in [-0.05, 0) is 17.7 Å². The standard InChI is InChI=1S/C15H10Cl2N2OS/c16-10-6-7-11-14(13(10)17)19-15(21-11)18-12(20)8-9-4-2-1-3-5-9/h1-7H,8H2,(H,18,19,20). The van der Waals surface area contributed by atoms with E-state index in [1.54, 1.807) is 6.07 Å². The summed E-state index contributed by atoms with van der Waals surface area (Å²) in [7, 11) is 0. The first-order chi connectivity index (χ1) is 10.1. The molecule has 3 aromatic rings. The molecule has 6 heteroatoms. The number of rotatable bonds is 3. The lowest BCUT2D eigenvalue weighted by molar-refractivity contribution is -0.115. The molecule has 1 N–H and O–H groups in total. The second-order valence-electron chi connectivity index (χ2n) is 4.44. The first-order valence-electron chi connectivity index (χ1n) is 6.22. The quantitative estimate of drug-likeness (QED) is 0.747. The predicted molar refractivity (Wildman–Crippen MR) is 88.4 cm³/mol. The van der Waals surface area contributed by atoms with Gasteiger partial charge in [0.05, 0.1) is 21.2 Å². The van der Waals surface area contributed by atoms with Crippen molar-refractivity contribution in [1.29, 1.82) is 0 Å². The normalized spacial score (nSPS) is 10.8. The molecule has 21 heavy (non-hydrogen) atoms. The first-order valence-corrected chi connectivity index (χ1v) is 7.79. The average Bonchev–Trinajstić information content (AvgIpc) is 2.87. The molecule has 0 saturated carbocycles. The molecule has 106 valence electrons. The minimum Gasteiger partial charge on any atom is -0.302 e. The Morgan fingerprint density at radius 2 is 1.90 bits per heavy atom. The van der Waals surface area contributed by atoms with Gasteiger partial charge in [-0.1, -0.05) is 64.9 Å². The van der Waals surface area contributed by atoms with Crippen LogP contribution in [0.25, 0.3) is 10.2 Å². The van der Waals surface area contributed by atoms with Crippen LogP contribution in [-0.4, -0.2) is 10.9 Å². The highest BCUT2D eigenvalue weighted by molar-refractivity contribution is 7.22. The third-order valence-electron chi connectivity index (χ3n) is 2.91. The molecule has 0 spiro atoms. The Balaban J connectivity index is 1.79. The van der Waals surface area contributed by atoms with Crippen molar-refractivity contribution >= 4 is 55.8 Å². The molecule has 0 aliphatic heterocycles. The van der Waals surface area contributed by atoms with Crippen molar-refractivity contribution in [2.24, 2.45) is 0 Å². The minimum atomic E-state index is -0.109. The van der Waals surface area contributed by atoms with Gasteiger partial charge in [0.25, 0.3) is 0 Å². The van der Waals surface area contributed by atoms with Gasteiger partial charge in [0.2, 0.25) is 5.91 Å². The molecular formula is C15H10Cl2N2OS. The van der Waals surface area contributed by atoms with Crippen molar-refractivity contribution in [2.45, 2.75) is 6.42 Å². The van der Waals surface area contributed by atoms with Crippen LogP contribution < -0.4 is 5.32 Å². The van der Waals surface area contributed by atoms with Crippen LogP contribution in [0.3, 0.4) is 0 Å². The molecule has 0 fully saturated rings. The van der Waals surface area contributed by atoms with Crippen LogP contribution in [0.2, 0.25) is 10.0 Å². The Labute approximate surface area is 135 Å². The van der Waals surface area contributed by atoms with Crippen LogP contribution >= 0.6 is 34.5 Å². The van der Waals surface area contributed by atoms with Gasteiger partial charge in [-0.15, -0.1) is 0 Å². The van der Waals surface area contributed by atoms with Gasteiger partial charge in [-0.25, -0.2) is 4.98 Å². The van der Waals surface area contributed by atoms with E-state index in [0.717, 1.165) is 10.3 Å². The van der Waals surface area contributed by atoms with E-state index in [1.807, 2.05) is 36.4 Å². The fraction of sp³-hybridized carbons (Fsp3) is 0.0667. The number of nitrogens with zero attached hydrogens (tertiary/aromatic N) is 1. The molecule has 1 heterocycles. The number of hydrogen-bond acceptors (Lipinski definition) is 3. The summed E-state index contributed by atoms with van der Waals surface area (Å²) in [5, 5.41) is 4.18. The number of thiazole rings is 1. The van der Waals surface area contributed by atoms with Gasteiger partial charge in [0.15, 0.2) is 5.13 Å². The number of hydrogen-bond donors (Lipinski definition) is 1. The number of amides is 1. The van der Waals surface area contributed by atoms with E-state index in [-0.39, 0.29) is 5.91 Å². The lowest BCUT2D eigenvalue weighted by Crippen LogP contribution is -2.13. The van der Waals surface area contributed by atoms with Crippen molar-refractivity contribution in [1.82, 2.24) is 4.98 Å².